The van der Waals surface area contributed by atoms with E-state index in [1.165, 1.54) is 5.56 Å². The highest BCUT2D eigenvalue weighted by atomic mass is 16.5. The Morgan fingerprint density at radius 2 is 1.72 bits per heavy atom. The van der Waals surface area contributed by atoms with E-state index in [1.54, 1.807) is 7.11 Å². The zero-order chi connectivity index (χ0) is 20.5. The van der Waals surface area contributed by atoms with Gasteiger partial charge in [0.05, 0.1) is 7.11 Å². The Balaban J connectivity index is 1.36. The van der Waals surface area contributed by atoms with E-state index in [4.69, 9.17) is 4.74 Å². The lowest BCUT2D eigenvalue weighted by Gasteiger charge is -2.32. The van der Waals surface area contributed by atoms with Crippen LogP contribution in [0.1, 0.15) is 30.4 Å². The fourth-order valence-corrected chi connectivity index (χ4v) is 3.89. The van der Waals surface area contributed by atoms with Crippen LogP contribution in [0.3, 0.4) is 0 Å². The maximum atomic E-state index is 12.5. The Morgan fingerprint density at radius 3 is 2.45 bits per heavy atom. The highest BCUT2D eigenvalue weighted by Crippen LogP contribution is 2.22. The average molecular weight is 395 g/mol. The molecule has 1 aliphatic rings. The number of likely N-dealkylation sites (tertiary alicyclic amines) is 1. The first-order valence-corrected chi connectivity index (χ1v) is 10.4. The smallest absolute Gasteiger partial charge is 0.232 e. The van der Waals surface area contributed by atoms with Gasteiger partial charge in [0.1, 0.15) is 12.2 Å². The molecule has 0 aromatic heterocycles. The van der Waals surface area contributed by atoms with Crippen LogP contribution in [0.2, 0.25) is 0 Å². The summed E-state index contributed by atoms with van der Waals surface area (Å²) in [6.07, 6.45) is 3.66. The third-order valence-electron chi connectivity index (χ3n) is 5.56. The summed E-state index contributed by atoms with van der Waals surface area (Å²) in [5.41, 5.74) is 2.40. The van der Waals surface area contributed by atoms with Gasteiger partial charge in [-0.05, 0) is 48.8 Å². The molecule has 0 unspecified atom stereocenters. The van der Waals surface area contributed by atoms with Gasteiger partial charge in [-0.25, -0.2) is 0 Å². The van der Waals surface area contributed by atoms with Gasteiger partial charge in [-0.3, -0.25) is 9.59 Å². The standard InChI is InChI=1S/C24H30N2O3/c1-29-22-10-6-5-9-21(22)11-14-25-23(27)18-24(28)26-15-12-20(13-16-26)17-19-7-3-2-4-8-19/h2-10,20H,11-18H2,1H3,(H,25,27). The number of para-hydroxylation sites is 1. The Bertz CT molecular complexity index is 799. The number of benzene rings is 2. The van der Waals surface area contributed by atoms with Gasteiger partial charge in [-0.2, -0.15) is 0 Å². The topological polar surface area (TPSA) is 58.6 Å². The van der Waals surface area contributed by atoms with Crippen molar-refractivity contribution in [2.45, 2.75) is 32.1 Å². The molecule has 0 bridgehead atoms. The molecule has 5 heteroatoms. The summed E-state index contributed by atoms with van der Waals surface area (Å²) in [7, 11) is 1.64. The summed E-state index contributed by atoms with van der Waals surface area (Å²) in [5.74, 6) is 1.14. The first kappa shape index (κ1) is 20.9. The van der Waals surface area contributed by atoms with E-state index in [0.717, 1.165) is 43.7 Å². The quantitative estimate of drug-likeness (QED) is 0.700. The Kier molecular flexibility index (Phi) is 7.68. The van der Waals surface area contributed by atoms with Gasteiger partial charge >= 0.3 is 0 Å². The van der Waals surface area contributed by atoms with Gasteiger partial charge < -0.3 is 15.0 Å². The fourth-order valence-electron chi connectivity index (χ4n) is 3.89. The van der Waals surface area contributed by atoms with Crippen molar-refractivity contribution in [3.63, 3.8) is 0 Å². The maximum absolute atomic E-state index is 12.5. The lowest BCUT2D eigenvalue weighted by molar-refractivity contribution is -0.137. The van der Waals surface area contributed by atoms with Crippen molar-refractivity contribution < 1.29 is 14.3 Å². The summed E-state index contributed by atoms with van der Waals surface area (Å²) in [4.78, 5) is 26.4. The van der Waals surface area contributed by atoms with Crippen molar-refractivity contribution >= 4 is 11.8 Å². The molecule has 0 saturated carbocycles. The molecule has 1 N–H and O–H groups in total. The lowest BCUT2D eigenvalue weighted by Crippen LogP contribution is -2.41. The molecule has 0 spiro atoms. The number of methoxy groups -OCH3 is 1. The predicted octanol–water partition coefficient (Wildman–Crippen LogP) is 3.23. The second-order valence-electron chi connectivity index (χ2n) is 7.60. The van der Waals surface area contributed by atoms with Gasteiger partial charge in [-0.1, -0.05) is 48.5 Å². The summed E-state index contributed by atoms with van der Waals surface area (Å²) < 4.78 is 5.32. The number of hydrogen-bond acceptors (Lipinski definition) is 3. The summed E-state index contributed by atoms with van der Waals surface area (Å²) in [6.45, 7) is 1.97. The molecule has 1 fully saturated rings. The van der Waals surface area contributed by atoms with Crippen molar-refractivity contribution in [3.8, 4) is 5.75 Å². The molecule has 0 aliphatic carbocycles. The highest BCUT2D eigenvalue weighted by molar-refractivity contribution is 5.96. The minimum atomic E-state index is -0.212. The van der Waals surface area contributed by atoms with Crippen molar-refractivity contribution in [1.82, 2.24) is 10.2 Å². The van der Waals surface area contributed by atoms with Crippen molar-refractivity contribution in [2.75, 3.05) is 26.7 Å². The minimum absolute atomic E-state index is 0.0713. The molecular weight excluding hydrogens is 364 g/mol. The van der Waals surface area contributed by atoms with Crippen LogP contribution in [0.4, 0.5) is 0 Å². The third kappa shape index (κ3) is 6.34. The number of nitrogens with one attached hydrogen (secondary N) is 1. The molecule has 2 aromatic carbocycles. The first-order valence-electron chi connectivity index (χ1n) is 10.4. The van der Waals surface area contributed by atoms with E-state index in [-0.39, 0.29) is 18.2 Å². The van der Waals surface area contributed by atoms with Gasteiger partial charge in [-0.15, -0.1) is 0 Å². The van der Waals surface area contributed by atoms with E-state index < -0.39 is 0 Å². The zero-order valence-electron chi connectivity index (χ0n) is 17.1. The van der Waals surface area contributed by atoms with Crippen LogP contribution in [0.5, 0.6) is 5.75 Å². The van der Waals surface area contributed by atoms with Crippen LogP contribution in [0.15, 0.2) is 54.6 Å². The Morgan fingerprint density at radius 1 is 1.03 bits per heavy atom. The number of ether oxygens (including phenoxy) is 1. The van der Waals surface area contributed by atoms with Gasteiger partial charge in [0.2, 0.25) is 11.8 Å². The second kappa shape index (κ2) is 10.6. The van der Waals surface area contributed by atoms with E-state index in [9.17, 15) is 9.59 Å². The molecule has 5 nitrogen and oxygen atoms in total. The van der Waals surface area contributed by atoms with Gasteiger partial charge in [0.25, 0.3) is 0 Å². The summed E-state index contributed by atoms with van der Waals surface area (Å²) in [6, 6.07) is 18.2. The highest BCUT2D eigenvalue weighted by Gasteiger charge is 2.24. The minimum Gasteiger partial charge on any atom is -0.496 e. The van der Waals surface area contributed by atoms with E-state index in [2.05, 4.69) is 29.6 Å². The molecule has 2 amide bonds. The molecule has 1 saturated heterocycles. The van der Waals surface area contributed by atoms with E-state index in [0.29, 0.717) is 18.9 Å². The Labute approximate surface area is 173 Å². The Hall–Kier alpha value is -2.82. The van der Waals surface area contributed by atoms with E-state index in [1.807, 2.05) is 35.2 Å². The molecule has 1 heterocycles. The maximum Gasteiger partial charge on any atom is 0.232 e. The number of nitrogens with zero attached hydrogens (tertiary/aromatic N) is 1. The van der Waals surface area contributed by atoms with Crippen LogP contribution in [0, 0.1) is 5.92 Å². The lowest BCUT2D eigenvalue weighted by atomic mass is 9.90. The van der Waals surface area contributed by atoms with Crippen LogP contribution < -0.4 is 10.1 Å². The van der Waals surface area contributed by atoms with Gasteiger partial charge in [0, 0.05) is 19.6 Å². The normalized spacial score (nSPS) is 14.4. The number of carbonyl (C=O) groups is 2. The second-order valence-corrected chi connectivity index (χ2v) is 7.60. The van der Waals surface area contributed by atoms with Crippen LogP contribution in [-0.2, 0) is 22.4 Å². The van der Waals surface area contributed by atoms with Gasteiger partial charge in [0.15, 0.2) is 0 Å². The van der Waals surface area contributed by atoms with Crippen molar-refractivity contribution in [3.05, 3.63) is 65.7 Å². The third-order valence-corrected chi connectivity index (χ3v) is 5.56. The molecule has 3 rings (SSSR count). The molecular formula is C24H30N2O3. The number of piperidine rings is 1. The monoisotopic (exact) mass is 394 g/mol. The van der Waals surface area contributed by atoms with Crippen LogP contribution in [-0.4, -0.2) is 43.5 Å². The summed E-state index contributed by atoms with van der Waals surface area (Å²) in [5, 5.41) is 2.85. The van der Waals surface area contributed by atoms with Crippen molar-refractivity contribution in [1.29, 1.82) is 0 Å². The molecule has 1 aliphatic heterocycles. The predicted molar refractivity (Wildman–Crippen MR) is 114 cm³/mol. The summed E-state index contributed by atoms with van der Waals surface area (Å²) >= 11 is 0. The molecule has 29 heavy (non-hydrogen) atoms. The molecule has 154 valence electrons. The molecule has 2 aromatic rings. The number of amides is 2. The van der Waals surface area contributed by atoms with Crippen LogP contribution >= 0.6 is 0 Å². The zero-order valence-corrected chi connectivity index (χ0v) is 17.1. The van der Waals surface area contributed by atoms with Crippen LogP contribution in [0.25, 0.3) is 0 Å². The SMILES string of the molecule is COc1ccccc1CCNC(=O)CC(=O)N1CCC(Cc2ccccc2)CC1. The van der Waals surface area contributed by atoms with E-state index >= 15 is 0 Å². The van der Waals surface area contributed by atoms with Crippen molar-refractivity contribution in [2.24, 2.45) is 5.92 Å². The largest absolute Gasteiger partial charge is 0.496 e. The molecule has 0 atom stereocenters. The first-order chi connectivity index (χ1) is 14.2. The number of rotatable bonds is 8. The average Bonchev–Trinajstić information content (AvgIpc) is 2.75. The number of hydrogen-bond donors (Lipinski definition) is 1. The molecule has 0 radical (unpaired) electrons. The fraction of sp³-hybridized carbons (Fsp3) is 0.417. The number of carbonyl (C=O) groups excluding carboxylic acids is 2.